The van der Waals surface area contributed by atoms with Crippen LogP contribution in [0, 0.1) is 12.7 Å². The zero-order valence-electron chi connectivity index (χ0n) is 16.0. The lowest BCUT2D eigenvalue weighted by Crippen LogP contribution is -2.39. The Morgan fingerprint density at radius 2 is 2.00 bits per heavy atom. The summed E-state index contributed by atoms with van der Waals surface area (Å²) in [5.74, 6) is -1.20. The summed E-state index contributed by atoms with van der Waals surface area (Å²) in [6, 6.07) is 11.0. The lowest BCUT2D eigenvalue weighted by molar-refractivity contribution is -0.122. The number of ether oxygens (including phenoxy) is 1. The Morgan fingerprint density at radius 1 is 1.24 bits per heavy atom. The highest BCUT2D eigenvalue weighted by molar-refractivity contribution is 7.09. The maximum Gasteiger partial charge on any atom is 0.254 e. The van der Waals surface area contributed by atoms with E-state index >= 15 is 0 Å². The first kappa shape index (κ1) is 20.5. The van der Waals surface area contributed by atoms with Crippen LogP contribution in [-0.4, -0.2) is 28.7 Å². The van der Waals surface area contributed by atoms with E-state index in [2.05, 4.69) is 4.98 Å². The molecule has 0 saturated heterocycles. The first-order chi connectivity index (χ1) is 13.8. The minimum Gasteiger partial charge on any atom is -0.487 e. The first-order valence-electron chi connectivity index (χ1n) is 8.81. The standard InChI is InChI=1S/C21H20FN3O3S/c1-13-24-17(12-29-13)11-28-18-8-4-6-15(10-18)21(27)25(2)19(20(23)26)14-5-3-7-16(22)9-14/h3-10,12,19H,11H2,1-2H3,(H2,23,26). The minimum atomic E-state index is -1.10. The highest BCUT2D eigenvalue weighted by Gasteiger charge is 2.28. The van der Waals surface area contributed by atoms with Gasteiger partial charge in [0.2, 0.25) is 5.91 Å². The molecular formula is C21H20FN3O3S. The number of halogens is 1. The number of nitrogens with zero attached hydrogens (tertiary/aromatic N) is 2. The van der Waals surface area contributed by atoms with Crippen molar-refractivity contribution in [3.8, 4) is 5.75 Å². The summed E-state index contributed by atoms with van der Waals surface area (Å²) in [5.41, 5.74) is 6.93. The quantitative estimate of drug-likeness (QED) is 0.643. The molecule has 0 fully saturated rings. The van der Waals surface area contributed by atoms with E-state index < -0.39 is 23.7 Å². The average Bonchev–Trinajstić information content (AvgIpc) is 3.11. The van der Waals surface area contributed by atoms with Gasteiger partial charge >= 0.3 is 0 Å². The van der Waals surface area contributed by atoms with Crippen LogP contribution in [0.15, 0.2) is 53.9 Å². The molecule has 1 heterocycles. The predicted molar refractivity (Wildman–Crippen MR) is 108 cm³/mol. The van der Waals surface area contributed by atoms with Gasteiger partial charge in [0.15, 0.2) is 0 Å². The van der Waals surface area contributed by atoms with Gasteiger partial charge in [-0.15, -0.1) is 11.3 Å². The van der Waals surface area contributed by atoms with Gasteiger partial charge in [-0.3, -0.25) is 9.59 Å². The third kappa shape index (κ3) is 4.97. The summed E-state index contributed by atoms with van der Waals surface area (Å²) < 4.78 is 19.3. The SMILES string of the molecule is Cc1nc(COc2cccc(C(=O)N(C)C(C(N)=O)c3cccc(F)c3)c2)cs1. The van der Waals surface area contributed by atoms with Crippen LogP contribution < -0.4 is 10.5 Å². The fourth-order valence-corrected chi connectivity index (χ4v) is 3.52. The number of likely N-dealkylation sites (N-methyl/N-ethyl adjacent to an activating group) is 1. The van der Waals surface area contributed by atoms with Crippen molar-refractivity contribution in [2.75, 3.05) is 7.05 Å². The van der Waals surface area contributed by atoms with Crippen molar-refractivity contribution < 1.29 is 18.7 Å². The maximum absolute atomic E-state index is 13.6. The van der Waals surface area contributed by atoms with Gasteiger partial charge in [-0.05, 0) is 42.8 Å². The largest absolute Gasteiger partial charge is 0.487 e. The highest BCUT2D eigenvalue weighted by atomic mass is 32.1. The molecule has 1 unspecified atom stereocenters. The van der Waals surface area contributed by atoms with Crippen molar-refractivity contribution in [3.05, 3.63) is 81.6 Å². The Bertz CT molecular complexity index is 1040. The molecule has 1 atom stereocenters. The van der Waals surface area contributed by atoms with E-state index in [9.17, 15) is 14.0 Å². The molecule has 0 aliphatic heterocycles. The van der Waals surface area contributed by atoms with Crippen LogP contribution in [0.4, 0.5) is 4.39 Å². The number of nitrogens with two attached hydrogens (primary N) is 1. The number of aromatic nitrogens is 1. The predicted octanol–water partition coefficient (Wildman–Crippen LogP) is 3.47. The number of thiazole rings is 1. The molecule has 3 rings (SSSR count). The fraction of sp³-hybridized carbons (Fsp3) is 0.190. The maximum atomic E-state index is 13.6. The summed E-state index contributed by atoms with van der Waals surface area (Å²) in [7, 11) is 1.45. The van der Waals surface area contributed by atoms with Crippen LogP contribution >= 0.6 is 11.3 Å². The van der Waals surface area contributed by atoms with E-state index in [1.807, 2.05) is 12.3 Å². The molecule has 2 aromatic carbocycles. The third-order valence-electron chi connectivity index (χ3n) is 4.28. The van der Waals surface area contributed by atoms with Crippen molar-refractivity contribution in [3.63, 3.8) is 0 Å². The van der Waals surface area contributed by atoms with Gasteiger partial charge in [0, 0.05) is 18.0 Å². The molecule has 0 spiro atoms. The normalized spacial score (nSPS) is 11.7. The van der Waals surface area contributed by atoms with Crippen LogP contribution in [0.3, 0.4) is 0 Å². The van der Waals surface area contributed by atoms with E-state index in [1.54, 1.807) is 30.3 Å². The lowest BCUT2D eigenvalue weighted by atomic mass is 10.0. The molecule has 0 aliphatic carbocycles. The van der Waals surface area contributed by atoms with Gasteiger partial charge in [-0.1, -0.05) is 18.2 Å². The van der Waals surface area contributed by atoms with Crippen molar-refractivity contribution in [1.29, 1.82) is 0 Å². The fourth-order valence-electron chi connectivity index (χ4n) is 2.93. The number of carbonyl (C=O) groups is 2. The number of carbonyl (C=O) groups excluding carboxylic acids is 2. The van der Waals surface area contributed by atoms with Crippen LogP contribution in [0.25, 0.3) is 0 Å². The van der Waals surface area contributed by atoms with Crippen LogP contribution in [-0.2, 0) is 11.4 Å². The van der Waals surface area contributed by atoms with Crippen molar-refractivity contribution in [1.82, 2.24) is 9.88 Å². The van der Waals surface area contributed by atoms with E-state index in [1.165, 1.54) is 41.5 Å². The van der Waals surface area contributed by atoms with Gasteiger partial charge in [-0.2, -0.15) is 0 Å². The molecular weight excluding hydrogens is 393 g/mol. The number of hydrogen-bond acceptors (Lipinski definition) is 5. The van der Waals surface area contributed by atoms with E-state index in [-0.39, 0.29) is 6.61 Å². The number of primary amides is 1. The zero-order chi connectivity index (χ0) is 21.0. The summed E-state index contributed by atoms with van der Waals surface area (Å²) in [6.07, 6.45) is 0. The van der Waals surface area contributed by atoms with Gasteiger partial charge in [-0.25, -0.2) is 9.37 Å². The first-order valence-corrected chi connectivity index (χ1v) is 9.69. The van der Waals surface area contributed by atoms with Gasteiger partial charge in [0.1, 0.15) is 24.2 Å². The summed E-state index contributed by atoms with van der Waals surface area (Å²) >= 11 is 1.53. The van der Waals surface area contributed by atoms with Crippen LogP contribution in [0.2, 0.25) is 0 Å². The Kier molecular flexibility index (Phi) is 6.23. The molecule has 0 bridgehead atoms. The van der Waals surface area contributed by atoms with E-state index in [0.29, 0.717) is 16.9 Å². The van der Waals surface area contributed by atoms with Gasteiger partial charge in [0.25, 0.3) is 5.91 Å². The molecule has 1 aromatic heterocycles. The second-order valence-corrected chi connectivity index (χ2v) is 7.51. The van der Waals surface area contributed by atoms with Crippen LogP contribution in [0.5, 0.6) is 5.75 Å². The summed E-state index contributed by atoms with van der Waals surface area (Å²) in [5, 5.41) is 2.86. The molecule has 0 radical (unpaired) electrons. The summed E-state index contributed by atoms with van der Waals surface area (Å²) in [6.45, 7) is 2.20. The Hall–Kier alpha value is -3.26. The number of benzene rings is 2. The number of rotatable bonds is 7. The Labute approximate surface area is 171 Å². The van der Waals surface area contributed by atoms with Crippen molar-refractivity contribution >= 4 is 23.2 Å². The van der Waals surface area contributed by atoms with Crippen LogP contribution in [0.1, 0.15) is 32.7 Å². The molecule has 8 heteroatoms. The molecule has 2 N–H and O–H groups in total. The average molecular weight is 413 g/mol. The second kappa shape index (κ2) is 8.83. The third-order valence-corrected chi connectivity index (χ3v) is 5.10. The topological polar surface area (TPSA) is 85.5 Å². The molecule has 0 saturated carbocycles. The number of aryl methyl sites for hydroxylation is 1. The highest BCUT2D eigenvalue weighted by Crippen LogP contribution is 2.24. The number of amides is 2. The molecule has 29 heavy (non-hydrogen) atoms. The zero-order valence-corrected chi connectivity index (χ0v) is 16.8. The van der Waals surface area contributed by atoms with E-state index in [0.717, 1.165) is 10.7 Å². The molecule has 0 aliphatic rings. The molecule has 150 valence electrons. The number of hydrogen-bond donors (Lipinski definition) is 1. The Balaban J connectivity index is 1.78. The minimum absolute atomic E-state index is 0.283. The van der Waals surface area contributed by atoms with Gasteiger partial charge in [0.05, 0.1) is 10.7 Å². The van der Waals surface area contributed by atoms with Crippen molar-refractivity contribution in [2.24, 2.45) is 5.73 Å². The van der Waals surface area contributed by atoms with E-state index in [4.69, 9.17) is 10.5 Å². The second-order valence-electron chi connectivity index (χ2n) is 6.45. The molecule has 3 aromatic rings. The van der Waals surface area contributed by atoms with Crippen molar-refractivity contribution in [2.45, 2.75) is 19.6 Å². The monoisotopic (exact) mass is 413 g/mol. The smallest absolute Gasteiger partial charge is 0.254 e. The summed E-state index contributed by atoms with van der Waals surface area (Å²) in [4.78, 5) is 30.5. The van der Waals surface area contributed by atoms with Gasteiger partial charge < -0.3 is 15.4 Å². The molecule has 2 amide bonds. The lowest BCUT2D eigenvalue weighted by Gasteiger charge is -2.26. The molecule has 6 nitrogen and oxygen atoms in total. The Morgan fingerprint density at radius 3 is 2.66 bits per heavy atom.